The Bertz CT molecular complexity index is 1790. The number of halogens is 3. The number of aliphatic hydroxyl groups excluding tert-OH is 1. The molecular weight excluding hydrogens is 582 g/mol. The predicted molar refractivity (Wildman–Crippen MR) is 160 cm³/mol. The van der Waals surface area contributed by atoms with Crippen LogP contribution in [-0.2, 0) is 13.5 Å². The molecule has 0 radical (unpaired) electrons. The smallest absolute Gasteiger partial charge is 0.279 e. The minimum Gasteiger partial charge on any atom is -0.496 e. The number of likely N-dealkylation sites (tertiary alicyclic amines) is 1. The topological polar surface area (TPSA) is 96.7 Å². The van der Waals surface area contributed by atoms with E-state index in [9.17, 15) is 14.7 Å². The number of aromatic nitrogens is 2. The fourth-order valence-corrected chi connectivity index (χ4v) is 6.48. The molecule has 1 amide bonds. The van der Waals surface area contributed by atoms with Crippen molar-refractivity contribution in [3.63, 3.8) is 0 Å². The summed E-state index contributed by atoms with van der Waals surface area (Å²) in [7, 11) is 3.07. The quantitative estimate of drug-likeness (QED) is 0.301. The van der Waals surface area contributed by atoms with E-state index in [0.29, 0.717) is 18.7 Å². The molecule has 216 valence electrons. The summed E-state index contributed by atoms with van der Waals surface area (Å²) in [5.41, 5.74) is 3.50. The molecule has 2 N–H and O–H groups in total. The maximum Gasteiger partial charge on any atom is 0.279 e. The van der Waals surface area contributed by atoms with E-state index in [1.54, 1.807) is 31.4 Å². The molecule has 6 rings (SSSR count). The standard InChI is InChI=1S/C31H27Cl2FN4O4/c1-37-31(41)21(10-11-35-37)30(40)36-23-5-3-4-20(28(23)32)27-22(34)8-7-19(29(27)33)17-12-16-6-9-24(38-14-18(39)15-38)26(16)25(13-17)42-2/h3-5,7-8,10-13,18,24,39H,6,9,14-15H2,1-2H3,(H,36,40). The van der Waals surface area contributed by atoms with Crippen LogP contribution >= 0.6 is 23.2 Å². The Morgan fingerprint density at radius 1 is 1.12 bits per heavy atom. The minimum atomic E-state index is -0.673. The number of carbonyl (C=O) groups is 1. The number of aryl methyl sites for hydroxylation is 2. The SMILES string of the molecule is COc1cc(-c2ccc(F)c(-c3cccc(NC(=O)c4ccnn(C)c4=O)c3Cl)c2Cl)cc2c1C(N1CC(O)C1)CC2. The van der Waals surface area contributed by atoms with Crippen molar-refractivity contribution < 1.29 is 19.0 Å². The van der Waals surface area contributed by atoms with E-state index in [4.69, 9.17) is 27.9 Å². The number of β-amino-alcohol motifs (C(OH)–C–C–N with tert-alkyl or cyclic N) is 1. The summed E-state index contributed by atoms with van der Waals surface area (Å²) >= 11 is 13.6. The number of hydrogen-bond donors (Lipinski definition) is 2. The van der Waals surface area contributed by atoms with Crippen LogP contribution in [0.3, 0.4) is 0 Å². The van der Waals surface area contributed by atoms with Crippen LogP contribution < -0.4 is 15.6 Å². The number of methoxy groups -OCH3 is 1. The number of benzene rings is 3. The number of anilines is 1. The number of ether oxygens (including phenoxy) is 1. The van der Waals surface area contributed by atoms with Crippen molar-refractivity contribution in [1.29, 1.82) is 0 Å². The lowest BCUT2D eigenvalue weighted by atomic mass is 9.94. The van der Waals surface area contributed by atoms with Gasteiger partial charge in [-0.05, 0) is 54.3 Å². The lowest BCUT2D eigenvalue weighted by Gasteiger charge is -2.41. The highest BCUT2D eigenvalue weighted by molar-refractivity contribution is 6.39. The summed E-state index contributed by atoms with van der Waals surface area (Å²) in [5.74, 6) is -0.534. The first-order valence-corrected chi connectivity index (χ1v) is 14.2. The van der Waals surface area contributed by atoms with E-state index in [2.05, 4.69) is 21.4 Å². The number of hydrogen-bond acceptors (Lipinski definition) is 6. The van der Waals surface area contributed by atoms with Crippen molar-refractivity contribution in [3.05, 3.63) is 97.6 Å². The van der Waals surface area contributed by atoms with Crippen molar-refractivity contribution in [1.82, 2.24) is 14.7 Å². The van der Waals surface area contributed by atoms with Crippen LogP contribution in [-0.4, -0.2) is 52.0 Å². The molecule has 1 fully saturated rings. The van der Waals surface area contributed by atoms with Gasteiger partial charge in [-0.25, -0.2) is 9.07 Å². The molecule has 1 atom stereocenters. The van der Waals surface area contributed by atoms with E-state index >= 15 is 4.39 Å². The first-order valence-electron chi connectivity index (χ1n) is 13.4. The maximum absolute atomic E-state index is 15.4. The monoisotopic (exact) mass is 608 g/mol. The van der Waals surface area contributed by atoms with E-state index < -0.39 is 17.3 Å². The highest BCUT2D eigenvalue weighted by atomic mass is 35.5. The normalized spacial score (nSPS) is 16.7. The lowest BCUT2D eigenvalue weighted by Crippen LogP contribution is -2.51. The molecule has 1 unspecified atom stereocenters. The number of aliphatic hydroxyl groups is 1. The molecule has 1 aliphatic heterocycles. The average molecular weight is 609 g/mol. The predicted octanol–water partition coefficient (Wildman–Crippen LogP) is 5.48. The number of amides is 1. The molecule has 42 heavy (non-hydrogen) atoms. The van der Waals surface area contributed by atoms with Crippen LogP contribution in [0.2, 0.25) is 10.0 Å². The molecule has 2 heterocycles. The third-order valence-electron chi connectivity index (χ3n) is 7.97. The number of nitrogens with zero attached hydrogens (tertiary/aromatic N) is 3. The largest absolute Gasteiger partial charge is 0.496 e. The fourth-order valence-electron chi connectivity index (χ4n) is 5.85. The second-order valence-electron chi connectivity index (χ2n) is 10.5. The van der Waals surface area contributed by atoms with Gasteiger partial charge in [0.15, 0.2) is 0 Å². The second-order valence-corrected chi connectivity index (χ2v) is 11.2. The number of rotatable bonds is 6. The third kappa shape index (κ3) is 4.86. The van der Waals surface area contributed by atoms with Crippen LogP contribution in [0.1, 0.15) is 33.9 Å². The summed E-state index contributed by atoms with van der Waals surface area (Å²) in [5, 5.41) is 16.5. The number of fused-ring (bicyclic) bond motifs is 1. The minimum absolute atomic E-state index is 0.0702. The van der Waals surface area contributed by atoms with Crippen LogP contribution in [0.4, 0.5) is 10.1 Å². The highest BCUT2D eigenvalue weighted by Crippen LogP contribution is 2.48. The van der Waals surface area contributed by atoms with Gasteiger partial charge in [0.25, 0.3) is 11.5 Å². The summed E-state index contributed by atoms with van der Waals surface area (Å²) in [6.45, 7) is 1.28. The zero-order valence-electron chi connectivity index (χ0n) is 22.8. The average Bonchev–Trinajstić information content (AvgIpc) is 3.37. The van der Waals surface area contributed by atoms with E-state index in [-0.39, 0.29) is 44.6 Å². The zero-order chi connectivity index (χ0) is 29.7. The molecule has 0 spiro atoms. The van der Waals surface area contributed by atoms with Gasteiger partial charge in [0, 0.05) is 54.6 Å². The first kappa shape index (κ1) is 28.4. The molecule has 1 saturated heterocycles. The van der Waals surface area contributed by atoms with Gasteiger partial charge in [-0.3, -0.25) is 14.5 Å². The van der Waals surface area contributed by atoms with Gasteiger partial charge in [0.1, 0.15) is 17.1 Å². The van der Waals surface area contributed by atoms with Crippen molar-refractivity contribution in [2.24, 2.45) is 7.05 Å². The van der Waals surface area contributed by atoms with E-state index in [1.807, 2.05) is 6.07 Å². The third-order valence-corrected chi connectivity index (χ3v) is 8.77. The molecule has 11 heteroatoms. The van der Waals surface area contributed by atoms with Gasteiger partial charge in [0.05, 0.1) is 28.9 Å². The van der Waals surface area contributed by atoms with E-state index in [1.165, 1.54) is 25.4 Å². The van der Waals surface area contributed by atoms with Crippen LogP contribution in [0.25, 0.3) is 22.3 Å². The Kier molecular flexibility index (Phi) is 7.53. The first-order chi connectivity index (χ1) is 20.2. The van der Waals surface area contributed by atoms with Gasteiger partial charge >= 0.3 is 0 Å². The lowest BCUT2D eigenvalue weighted by molar-refractivity contribution is -0.0255. The summed E-state index contributed by atoms with van der Waals surface area (Å²) < 4.78 is 22.3. The number of carbonyl (C=O) groups excluding carboxylic acids is 1. The molecule has 0 bridgehead atoms. The Morgan fingerprint density at radius 3 is 2.64 bits per heavy atom. The Hall–Kier alpha value is -3.76. The van der Waals surface area contributed by atoms with E-state index in [0.717, 1.165) is 40.0 Å². The molecule has 1 aliphatic carbocycles. The van der Waals surface area contributed by atoms with Gasteiger partial charge in [-0.1, -0.05) is 41.4 Å². The van der Waals surface area contributed by atoms with Crippen molar-refractivity contribution in [2.45, 2.75) is 25.0 Å². The highest BCUT2D eigenvalue weighted by Gasteiger charge is 2.37. The van der Waals surface area contributed by atoms with Crippen LogP contribution in [0.15, 0.2) is 59.5 Å². The Morgan fingerprint density at radius 2 is 1.90 bits per heavy atom. The Labute approximate surface area is 251 Å². The maximum atomic E-state index is 15.4. The summed E-state index contributed by atoms with van der Waals surface area (Å²) in [6.07, 6.45) is 2.82. The van der Waals surface area contributed by atoms with Gasteiger partial charge in [0.2, 0.25) is 0 Å². The fraction of sp³-hybridized carbons (Fsp3) is 0.258. The number of nitrogens with one attached hydrogen (secondary N) is 1. The van der Waals surface area contributed by atoms with Crippen LogP contribution in [0, 0.1) is 5.82 Å². The molecule has 8 nitrogen and oxygen atoms in total. The molecule has 3 aromatic carbocycles. The molecule has 4 aromatic rings. The Balaban J connectivity index is 1.37. The van der Waals surface area contributed by atoms with Gasteiger partial charge in [-0.2, -0.15) is 5.10 Å². The van der Waals surface area contributed by atoms with Gasteiger partial charge in [-0.15, -0.1) is 0 Å². The zero-order valence-corrected chi connectivity index (χ0v) is 24.3. The van der Waals surface area contributed by atoms with Crippen molar-refractivity contribution in [2.75, 3.05) is 25.5 Å². The van der Waals surface area contributed by atoms with Crippen LogP contribution in [0.5, 0.6) is 5.75 Å². The molecular formula is C31H27Cl2FN4O4. The van der Waals surface area contributed by atoms with Gasteiger partial charge < -0.3 is 15.2 Å². The molecule has 0 saturated carbocycles. The second kappa shape index (κ2) is 11.1. The van der Waals surface area contributed by atoms with Crippen molar-refractivity contribution in [3.8, 4) is 28.0 Å². The summed E-state index contributed by atoms with van der Waals surface area (Å²) in [4.78, 5) is 27.5. The summed E-state index contributed by atoms with van der Waals surface area (Å²) in [6, 6.07) is 13.2. The van der Waals surface area contributed by atoms with Crippen molar-refractivity contribution >= 4 is 34.8 Å². The molecule has 2 aliphatic rings. The molecule has 1 aromatic heterocycles.